The van der Waals surface area contributed by atoms with Crippen molar-refractivity contribution in [1.82, 2.24) is 10.0 Å². The molecule has 0 aliphatic carbocycles. The number of alkyl halides is 4. The molecule has 0 N–H and O–H groups in total. The third-order valence-corrected chi connectivity index (χ3v) is 3.25. The predicted octanol–water partition coefficient (Wildman–Crippen LogP) is 3.53. The summed E-state index contributed by atoms with van der Waals surface area (Å²) in [4.78, 5) is 8.86. The number of aromatic nitrogens is 1. The van der Waals surface area contributed by atoms with Crippen LogP contribution < -0.4 is 0 Å². The molecule has 0 bridgehead atoms. The van der Waals surface area contributed by atoms with Crippen LogP contribution in [0.25, 0.3) is 0 Å². The van der Waals surface area contributed by atoms with Gasteiger partial charge in [-0.3, -0.25) is 4.98 Å². The Hall–Kier alpha value is -1.27. The van der Waals surface area contributed by atoms with E-state index >= 15 is 0 Å². The van der Waals surface area contributed by atoms with Crippen molar-refractivity contribution in [2.45, 2.75) is 19.1 Å². The molecule has 1 aliphatic rings. The van der Waals surface area contributed by atoms with Crippen molar-refractivity contribution in [3.63, 3.8) is 0 Å². The molecule has 2 rings (SSSR count). The smallest absolute Gasteiger partial charge is 0.410 e. The Labute approximate surface area is 113 Å². The summed E-state index contributed by atoms with van der Waals surface area (Å²) in [5.74, 6) is 0.921. The molecule has 1 aliphatic heterocycles. The number of rotatable bonds is 2. The number of halogens is 4. The molecule has 0 radical (unpaired) electrons. The van der Waals surface area contributed by atoms with Crippen LogP contribution in [0.4, 0.5) is 13.2 Å². The van der Waals surface area contributed by atoms with Gasteiger partial charge in [0.05, 0.1) is 6.04 Å². The number of hydrogen-bond acceptors (Lipinski definition) is 3. The second kappa shape index (κ2) is 5.02. The number of pyridine rings is 1. The van der Waals surface area contributed by atoms with Gasteiger partial charge < -0.3 is 4.84 Å². The van der Waals surface area contributed by atoms with E-state index in [0.717, 1.165) is 11.6 Å². The number of likely N-dealkylation sites (N-methyl/N-ethyl adjacent to an activating group) is 1. The lowest BCUT2D eigenvalue weighted by molar-refractivity contribution is -0.141. The van der Waals surface area contributed by atoms with Gasteiger partial charge in [-0.2, -0.15) is 13.2 Å². The molecule has 1 unspecified atom stereocenters. The SMILES string of the molecule is CC1=C(CCl)C(c2ccc(C(F)(F)F)nc2)N(C)O1. The van der Waals surface area contributed by atoms with Gasteiger partial charge in [-0.25, -0.2) is 0 Å². The first-order valence-electron chi connectivity index (χ1n) is 5.54. The third-order valence-electron chi connectivity index (χ3n) is 2.96. The van der Waals surface area contributed by atoms with Gasteiger partial charge >= 0.3 is 6.18 Å². The van der Waals surface area contributed by atoms with E-state index in [1.54, 1.807) is 19.0 Å². The van der Waals surface area contributed by atoms with Crippen LogP contribution in [0.3, 0.4) is 0 Å². The Morgan fingerprint density at radius 1 is 1.42 bits per heavy atom. The van der Waals surface area contributed by atoms with Gasteiger partial charge in [0.2, 0.25) is 0 Å². The van der Waals surface area contributed by atoms with E-state index in [1.807, 2.05) is 0 Å². The molecule has 0 amide bonds. The van der Waals surface area contributed by atoms with Crippen LogP contribution in [0.2, 0.25) is 0 Å². The lowest BCUT2D eigenvalue weighted by Crippen LogP contribution is -2.20. The second-order valence-corrected chi connectivity index (χ2v) is 4.50. The van der Waals surface area contributed by atoms with E-state index in [0.29, 0.717) is 11.3 Å². The zero-order chi connectivity index (χ0) is 14.2. The molecule has 104 valence electrons. The van der Waals surface area contributed by atoms with Crippen LogP contribution >= 0.6 is 11.6 Å². The first-order valence-corrected chi connectivity index (χ1v) is 6.07. The van der Waals surface area contributed by atoms with Crippen LogP contribution in [-0.2, 0) is 11.0 Å². The maximum absolute atomic E-state index is 12.5. The van der Waals surface area contributed by atoms with Crippen LogP contribution in [-0.4, -0.2) is 23.0 Å². The van der Waals surface area contributed by atoms with E-state index in [4.69, 9.17) is 16.4 Å². The summed E-state index contributed by atoms with van der Waals surface area (Å²) < 4.78 is 37.4. The highest BCUT2D eigenvalue weighted by Gasteiger charge is 2.34. The fourth-order valence-corrected chi connectivity index (χ4v) is 2.39. The number of hydroxylamine groups is 2. The van der Waals surface area contributed by atoms with E-state index in [1.165, 1.54) is 12.3 Å². The van der Waals surface area contributed by atoms with E-state index < -0.39 is 11.9 Å². The van der Waals surface area contributed by atoms with Crippen molar-refractivity contribution in [2.24, 2.45) is 0 Å². The van der Waals surface area contributed by atoms with Crippen molar-refractivity contribution in [3.05, 3.63) is 40.9 Å². The average Bonchev–Trinajstić information content (AvgIpc) is 2.62. The Morgan fingerprint density at radius 3 is 2.58 bits per heavy atom. The lowest BCUT2D eigenvalue weighted by atomic mass is 10.0. The highest BCUT2D eigenvalue weighted by molar-refractivity contribution is 6.19. The van der Waals surface area contributed by atoms with Gasteiger partial charge in [-0.05, 0) is 18.6 Å². The zero-order valence-electron chi connectivity index (χ0n) is 10.3. The summed E-state index contributed by atoms with van der Waals surface area (Å²) in [6.07, 6.45) is -3.23. The standard InChI is InChI=1S/C12H12ClF3N2O/c1-7-9(5-13)11(18(2)19-7)8-3-4-10(17-6-8)12(14,15)16/h3-4,6,11H,5H2,1-2H3. The third kappa shape index (κ3) is 2.69. The molecule has 1 aromatic heterocycles. The molecule has 0 saturated heterocycles. The molecule has 7 heteroatoms. The topological polar surface area (TPSA) is 25.4 Å². The summed E-state index contributed by atoms with van der Waals surface area (Å²) in [6.45, 7) is 1.77. The van der Waals surface area contributed by atoms with Crippen molar-refractivity contribution in [3.8, 4) is 0 Å². The average molecular weight is 293 g/mol. The van der Waals surface area contributed by atoms with Crippen LogP contribution in [0.5, 0.6) is 0 Å². The largest absolute Gasteiger partial charge is 0.433 e. The summed E-state index contributed by atoms with van der Waals surface area (Å²) in [5.41, 5.74) is 0.527. The van der Waals surface area contributed by atoms with Crippen LogP contribution in [0.1, 0.15) is 24.2 Å². The van der Waals surface area contributed by atoms with Gasteiger partial charge in [0.1, 0.15) is 11.5 Å². The minimum atomic E-state index is -4.43. The molecule has 3 nitrogen and oxygen atoms in total. The molecular formula is C12H12ClF3N2O. The van der Waals surface area contributed by atoms with Crippen molar-refractivity contribution >= 4 is 11.6 Å². The van der Waals surface area contributed by atoms with Crippen molar-refractivity contribution < 1.29 is 18.0 Å². The minimum absolute atomic E-state index is 0.252. The van der Waals surface area contributed by atoms with Crippen LogP contribution in [0, 0.1) is 0 Å². The lowest BCUT2D eigenvalue weighted by Gasteiger charge is -2.20. The Kier molecular flexibility index (Phi) is 3.73. The Morgan fingerprint density at radius 2 is 2.11 bits per heavy atom. The molecular weight excluding hydrogens is 281 g/mol. The first-order chi connectivity index (χ1) is 8.84. The molecule has 0 saturated carbocycles. The number of allylic oxidation sites excluding steroid dienone is 1. The Balaban J connectivity index is 2.32. The molecule has 19 heavy (non-hydrogen) atoms. The van der Waals surface area contributed by atoms with Crippen LogP contribution in [0.15, 0.2) is 29.7 Å². The molecule has 1 aromatic rings. The minimum Gasteiger partial charge on any atom is -0.410 e. The molecule has 0 fully saturated rings. The first kappa shape index (κ1) is 14.1. The molecule has 0 spiro atoms. The van der Waals surface area contributed by atoms with Gasteiger partial charge in [0.25, 0.3) is 0 Å². The molecule has 1 atom stereocenters. The normalized spacial score (nSPS) is 20.8. The Bertz CT molecular complexity index is 499. The second-order valence-electron chi connectivity index (χ2n) is 4.23. The summed E-state index contributed by atoms with van der Waals surface area (Å²) in [5, 5.41) is 1.55. The van der Waals surface area contributed by atoms with Crippen molar-refractivity contribution in [2.75, 3.05) is 12.9 Å². The quantitative estimate of drug-likeness (QED) is 0.780. The zero-order valence-corrected chi connectivity index (χ0v) is 11.1. The fraction of sp³-hybridized carbons (Fsp3) is 0.417. The maximum atomic E-state index is 12.5. The van der Waals surface area contributed by atoms with E-state index in [-0.39, 0.29) is 11.9 Å². The van der Waals surface area contributed by atoms with Crippen molar-refractivity contribution in [1.29, 1.82) is 0 Å². The van der Waals surface area contributed by atoms with Gasteiger partial charge in [0, 0.05) is 24.7 Å². The van der Waals surface area contributed by atoms with E-state index in [9.17, 15) is 13.2 Å². The summed E-state index contributed by atoms with van der Waals surface area (Å²) in [6, 6.07) is 2.06. The van der Waals surface area contributed by atoms with Gasteiger partial charge in [-0.15, -0.1) is 16.7 Å². The maximum Gasteiger partial charge on any atom is 0.433 e. The number of nitrogens with zero attached hydrogens (tertiary/aromatic N) is 2. The molecule has 0 aromatic carbocycles. The fourth-order valence-electron chi connectivity index (χ4n) is 2.05. The van der Waals surface area contributed by atoms with Gasteiger partial charge in [0.15, 0.2) is 0 Å². The highest BCUT2D eigenvalue weighted by Crippen LogP contribution is 2.37. The monoisotopic (exact) mass is 292 g/mol. The summed E-state index contributed by atoms with van der Waals surface area (Å²) in [7, 11) is 1.70. The van der Waals surface area contributed by atoms with E-state index in [2.05, 4.69) is 4.98 Å². The summed E-state index contributed by atoms with van der Waals surface area (Å²) >= 11 is 5.85. The number of hydrogen-bond donors (Lipinski definition) is 0. The highest BCUT2D eigenvalue weighted by atomic mass is 35.5. The predicted molar refractivity (Wildman–Crippen MR) is 64.2 cm³/mol. The molecule has 2 heterocycles. The van der Waals surface area contributed by atoms with Gasteiger partial charge in [-0.1, -0.05) is 6.07 Å².